The molecular formula is C15H19NO2. The Labute approximate surface area is 108 Å². The third-order valence-electron chi connectivity index (χ3n) is 4.09. The molecule has 2 aliphatic rings. The Morgan fingerprint density at radius 3 is 3.06 bits per heavy atom. The molecule has 0 N–H and O–H groups in total. The van der Waals surface area contributed by atoms with Crippen molar-refractivity contribution in [3.63, 3.8) is 0 Å². The number of rotatable bonds is 3. The Bertz CT molecular complexity index is 438. The van der Waals surface area contributed by atoms with Crippen molar-refractivity contribution < 1.29 is 9.53 Å². The lowest BCUT2D eigenvalue weighted by atomic mass is 9.83. The highest BCUT2D eigenvalue weighted by atomic mass is 16.5. The molecule has 1 unspecified atom stereocenters. The fourth-order valence-electron chi connectivity index (χ4n) is 3.08. The van der Waals surface area contributed by atoms with Crippen molar-refractivity contribution in [1.82, 2.24) is 0 Å². The average molecular weight is 245 g/mol. The largest absolute Gasteiger partial charge is 0.380 e. The highest BCUT2D eigenvalue weighted by Gasteiger charge is 2.36. The molecule has 1 aromatic rings. The Kier molecular flexibility index (Phi) is 3.08. The van der Waals surface area contributed by atoms with Gasteiger partial charge in [-0.15, -0.1) is 0 Å². The van der Waals surface area contributed by atoms with Gasteiger partial charge in [0.2, 0.25) is 0 Å². The molecule has 0 spiro atoms. The lowest BCUT2D eigenvalue weighted by molar-refractivity contribution is -0.122. The summed E-state index contributed by atoms with van der Waals surface area (Å²) < 4.78 is 5.52. The SMILES string of the molecule is O=CC1(CN2CCc3ccccc32)CCCOC1. The first kappa shape index (κ1) is 11.7. The van der Waals surface area contributed by atoms with E-state index in [9.17, 15) is 4.79 Å². The van der Waals surface area contributed by atoms with E-state index in [1.54, 1.807) is 0 Å². The number of anilines is 1. The first-order chi connectivity index (χ1) is 8.83. The number of ether oxygens (including phenoxy) is 1. The quantitative estimate of drug-likeness (QED) is 0.763. The summed E-state index contributed by atoms with van der Waals surface area (Å²) >= 11 is 0. The van der Waals surface area contributed by atoms with E-state index >= 15 is 0 Å². The summed E-state index contributed by atoms with van der Waals surface area (Å²) in [4.78, 5) is 13.8. The molecule has 18 heavy (non-hydrogen) atoms. The molecule has 0 aromatic heterocycles. The van der Waals surface area contributed by atoms with Gasteiger partial charge in [-0.2, -0.15) is 0 Å². The summed E-state index contributed by atoms with van der Waals surface area (Å²) in [5, 5.41) is 0. The van der Waals surface area contributed by atoms with E-state index in [-0.39, 0.29) is 5.41 Å². The van der Waals surface area contributed by atoms with Crippen molar-refractivity contribution in [2.75, 3.05) is 31.2 Å². The fourth-order valence-corrected chi connectivity index (χ4v) is 3.08. The van der Waals surface area contributed by atoms with Gasteiger partial charge in [-0.1, -0.05) is 18.2 Å². The van der Waals surface area contributed by atoms with E-state index < -0.39 is 0 Å². The molecule has 0 bridgehead atoms. The van der Waals surface area contributed by atoms with Crippen LogP contribution in [0.4, 0.5) is 5.69 Å². The van der Waals surface area contributed by atoms with E-state index in [1.165, 1.54) is 11.3 Å². The van der Waals surface area contributed by atoms with Gasteiger partial charge in [0.25, 0.3) is 0 Å². The summed E-state index contributed by atoms with van der Waals surface area (Å²) in [6.07, 6.45) is 4.16. The zero-order chi connectivity index (χ0) is 12.4. The molecule has 0 radical (unpaired) electrons. The maximum atomic E-state index is 11.5. The number of carbonyl (C=O) groups excluding carboxylic acids is 1. The van der Waals surface area contributed by atoms with E-state index in [4.69, 9.17) is 4.74 Å². The molecule has 96 valence electrons. The lowest BCUT2D eigenvalue weighted by Gasteiger charge is -2.36. The van der Waals surface area contributed by atoms with E-state index in [0.717, 1.165) is 45.2 Å². The van der Waals surface area contributed by atoms with Crippen molar-refractivity contribution in [2.45, 2.75) is 19.3 Å². The lowest BCUT2D eigenvalue weighted by Crippen LogP contribution is -2.44. The number of carbonyl (C=O) groups is 1. The highest BCUT2D eigenvalue weighted by molar-refractivity contribution is 5.64. The van der Waals surface area contributed by atoms with Crippen LogP contribution < -0.4 is 4.90 Å². The highest BCUT2D eigenvalue weighted by Crippen LogP contribution is 2.33. The smallest absolute Gasteiger partial charge is 0.130 e. The summed E-state index contributed by atoms with van der Waals surface area (Å²) in [7, 11) is 0. The van der Waals surface area contributed by atoms with Gasteiger partial charge in [0.05, 0.1) is 12.0 Å². The second-order valence-electron chi connectivity index (χ2n) is 5.44. The number of hydrogen-bond donors (Lipinski definition) is 0. The maximum absolute atomic E-state index is 11.5. The van der Waals surface area contributed by atoms with Crippen molar-refractivity contribution in [3.05, 3.63) is 29.8 Å². The second kappa shape index (κ2) is 4.73. The third-order valence-corrected chi connectivity index (χ3v) is 4.09. The minimum Gasteiger partial charge on any atom is -0.380 e. The monoisotopic (exact) mass is 245 g/mol. The summed E-state index contributed by atoms with van der Waals surface area (Å²) in [5.74, 6) is 0. The van der Waals surface area contributed by atoms with Crippen LogP contribution in [0.5, 0.6) is 0 Å². The molecule has 2 heterocycles. The Morgan fingerprint density at radius 1 is 1.39 bits per heavy atom. The number of para-hydroxylation sites is 1. The Morgan fingerprint density at radius 2 is 2.28 bits per heavy atom. The van der Waals surface area contributed by atoms with Crippen LogP contribution in [0.1, 0.15) is 18.4 Å². The van der Waals surface area contributed by atoms with Crippen molar-refractivity contribution in [2.24, 2.45) is 5.41 Å². The molecule has 1 saturated heterocycles. The maximum Gasteiger partial charge on any atom is 0.130 e. The topological polar surface area (TPSA) is 29.5 Å². The van der Waals surface area contributed by atoms with Gasteiger partial charge in [-0.05, 0) is 30.9 Å². The molecule has 0 saturated carbocycles. The van der Waals surface area contributed by atoms with Gasteiger partial charge in [-0.3, -0.25) is 0 Å². The van der Waals surface area contributed by atoms with Crippen LogP contribution in [0.3, 0.4) is 0 Å². The molecular weight excluding hydrogens is 226 g/mol. The van der Waals surface area contributed by atoms with Gasteiger partial charge in [0.15, 0.2) is 0 Å². The number of aldehydes is 1. The summed E-state index contributed by atoms with van der Waals surface area (Å²) in [6, 6.07) is 8.49. The van der Waals surface area contributed by atoms with Gasteiger partial charge in [0, 0.05) is 25.4 Å². The molecule has 3 rings (SSSR count). The Balaban J connectivity index is 1.79. The van der Waals surface area contributed by atoms with Crippen molar-refractivity contribution in [1.29, 1.82) is 0 Å². The molecule has 0 aliphatic carbocycles. The van der Waals surface area contributed by atoms with Gasteiger partial charge < -0.3 is 14.4 Å². The zero-order valence-electron chi connectivity index (χ0n) is 10.6. The molecule has 3 nitrogen and oxygen atoms in total. The minimum atomic E-state index is -0.296. The van der Waals surface area contributed by atoms with Gasteiger partial charge >= 0.3 is 0 Å². The molecule has 1 fully saturated rings. The number of nitrogens with zero attached hydrogens (tertiary/aromatic N) is 1. The van der Waals surface area contributed by atoms with Crippen molar-refractivity contribution >= 4 is 12.0 Å². The van der Waals surface area contributed by atoms with Gasteiger partial charge in [-0.25, -0.2) is 0 Å². The number of benzene rings is 1. The second-order valence-corrected chi connectivity index (χ2v) is 5.44. The summed E-state index contributed by atoms with van der Waals surface area (Å²) in [5.41, 5.74) is 2.40. The van der Waals surface area contributed by atoms with E-state index in [2.05, 4.69) is 29.2 Å². The summed E-state index contributed by atoms with van der Waals surface area (Å²) in [6.45, 7) is 3.20. The number of hydrogen-bond acceptors (Lipinski definition) is 3. The predicted octanol–water partition coefficient (Wildman–Crippen LogP) is 2.04. The molecule has 1 atom stereocenters. The number of fused-ring (bicyclic) bond motifs is 1. The fraction of sp³-hybridized carbons (Fsp3) is 0.533. The first-order valence-electron chi connectivity index (χ1n) is 6.70. The van der Waals surface area contributed by atoms with Crippen LogP contribution in [0.15, 0.2) is 24.3 Å². The van der Waals surface area contributed by atoms with Crippen LogP contribution in [-0.4, -0.2) is 32.6 Å². The van der Waals surface area contributed by atoms with Crippen LogP contribution in [0.25, 0.3) is 0 Å². The minimum absolute atomic E-state index is 0.296. The zero-order valence-corrected chi connectivity index (χ0v) is 10.6. The van der Waals surface area contributed by atoms with Crippen LogP contribution in [-0.2, 0) is 16.0 Å². The standard InChI is InChI=1S/C15H19NO2/c17-11-15(7-3-9-18-12-15)10-16-8-6-13-4-1-2-5-14(13)16/h1-2,4-5,11H,3,6-10,12H2. The predicted molar refractivity (Wildman–Crippen MR) is 70.9 cm³/mol. The van der Waals surface area contributed by atoms with E-state index in [1.807, 2.05) is 0 Å². The normalized spacial score (nSPS) is 27.0. The van der Waals surface area contributed by atoms with Crippen LogP contribution in [0.2, 0.25) is 0 Å². The average Bonchev–Trinajstić information content (AvgIpc) is 2.83. The Hall–Kier alpha value is -1.35. The van der Waals surface area contributed by atoms with Crippen LogP contribution >= 0.6 is 0 Å². The molecule has 2 aliphatic heterocycles. The first-order valence-corrected chi connectivity index (χ1v) is 6.70. The van der Waals surface area contributed by atoms with Crippen molar-refractivity contribution in [3.8, 4) is 0 Å². The molecule has 0 amide bonds. The molecule has 1 aromatic carbocycles. The third kappa shape index (κ3) is 2.03. The van der Waals surface area contributed by atoms with Crippen LogP contribution in [0, 0.1) is 5.41 Å². The van der Waals surface area contributed by atoms with E-state index in [0.29, 0.717) is 6.61 Å². The van der Waals surface area contributed by atoms with Gasteiger partial charge in [0.1, 0.15) is 6.29 Å². The molecule has 3 heteroatoms.